The highest BCUT2D eigenvalue weighted by Crippen LogP contribution is 2.32. The topological polar surface area (TPSA) is 124 Å². The summed E-state index contributed by atoms with van der Waals surface area (Å²) in [5.41, 5.74) is 5.94. The quantitative estimate of drug-likeness (QED) is 0.714. The minimum atomic E-state index is -3.92. The van der Waals surface area contributed by atoms with Gasteiger partial charge in [-0.3, -0.25) is 4.79 Å². The fraction of sp³-hybridized carbons (Fsp3) is 0.200. The van der Waals surface area contributed by atoms with Gasteiger partial charge in [0.25, 0.3) is 15.9 Å². The second-order valence-corrected chi connectivity index (χ2v) is 6.10. The summed E-state index contributed by atoms with van der Waals surface area (Å²) in [5.74, 6) is -0.474. The third-order valence-electron chi connectivity index (χ3n) is 2.87. The number of tetrazole rings is 1. The number of rotatable bonds is 2. The summed E-state index contributed by atoms with van der Waals surface area (Å²) in [6, 6.07) is 4.15. The predicted octanol–water partition coefficient (Wildman–Crippen LogP) is -0.863. The zero-order valence-electron chi connectivity index (χ0n) is 10.4. The van der Waals surface area contributed by atoms with E-state index in [-0.39, 0.29) is 28.5 Å². The number of benzene rings is 1. The maximum atomic E-state index is 12.3. The highest BCUT2D eigenvalue weighted by molar-refractivity contribution is 7.90. The van der Waals surface area contributed by atoms with Crippen LogP contribution in [0.1, 0.15) is 16.2 Å². The van der Waals surface area contributed by atoms with E-state index in [9.17, 15) is 13.2 Å². The standard InChI is InChI=1S/C10H10N6O3S/c1-15-13-9(12-14-15)5-16-10(17)7-3-2-6(11)4-8(7)20(16,18)19/h2-4H,5,11H2,1H3. The lowest BCUT2D eigenvalue weighted by molar-refractivity contribution is 0.0862. The van der Waals surface area contributed by atoms with Gasteiger partial charge in [0, 0.05) is 5.69 Å². The number of anilines is 1. The molecule has 0 bridgehead atoms. The molecule has 3 rings (SSSR count). The Morgan fingerprint density at radius 1 is 1.35 bits per heavy atom. The van der Waals surface area contributed by atoms with Gasteiger partial charge >= 0.3 is 0 Å². The Kier molecular flexibility index (Phi) is 2.51. The van der Waals surface area contributed by atoms with Crippen molar-refractivity contribution in [3.8, 4) is 0 Å². The number of nitrogens with zero attached hydrogens (tertiary/aromatic N) is 5. The van der Waals surface area contributed by atoms with Gasteiger partial charge in [0.2, 0.25) is 0 Å². The average molecular weight is 294 g/mol. The molecule has 20 heavy (non-hydrogen) atoms. The van der Waals surface area contributed by atoms with Crippen molar-refractivity contribution in [3.05, 3.63) is 29.6 Å². The monoisotopic (exact) mass is 294 g/mol. The molecular weight excluding hydrogens is 284 g/mol. The van der Waals surface area contributed by atoms with Crippen molar-refractivity contribution in [2.24, 2.45) is 7.05 Å². The summed E-state index contributed by atoms with van der Waals surface area (Å²) >= 11 is 0. The van der Waals surface area contributed by atoms with Crippen LogP contribution in [0.3, 0.4) is 0 Å². The van der Waals surface area contributed by atoms with Gasteiger partial charge in [0.1, 0.15) is 11.4 Å². The lowest BCUT2D eigenvalue weighted by Gasteiger charge is -2.12. The van der Waals surface area contributed by atoms with Crippen LogP contribution in [0.4, 0.5) is 5.69 Å². The number of sulfonamides is 1. The third kappa shape index (κ3) is 1.72. The first-order valence-corrected chi connectivity index (χ1v) is 7.03. The van der Waals surface area contributed by atoms with E-state index in [1.165, 1.54) is 23.0 Å². The van der Waals surface area contributed by atoms with Gasteiger partial charge in [-0.05, 0) is 23.4 Å². The number of hydrogen-bond donors (Lipinski definition) is 1. The summed E-state index contributed by atoms with van der Waals surface area (Å²) in [6.07, 6.45) is 0. The Bertz CT molecular complexity index is 812. The van der Waals surface area contributed by atoms with Crippen LogP contribution in [0.5, 0.6) is 0 Å². The van der Waals surface area contributed by atoms with Gasteiger partial charge in [0.15, 0.2) is 5.82 Å². The fourth-order valence-electron chi connectivity index (χ4n) is 1.96. The van der Waals surface area contributed by atoms with Crippen molar-refractivity contribution in [2.45, 2.75) is 11.4 Å². The molecule has 0 saturated heterocycles. The molecule has 0 aliphatic carbocycles. The number of aryl methyl sites for hydroxylation is 1. The number of nitrogens with two attached hydrogens (primary N) is 1. The first kappa shape index (κ1) is 12.5. The van der Waals surface area contributed by atoms with Crippen molar-refractivity contribution >= 4 is 21.6 Å². The van der Waals surface area contributed by atoms with Crippen LogP contribution in [-0.4, -0.2) is 38.8 Å². The zero-order chi connectivity index (χ0) is 14.5. The van der Waals surface area contributed by atoms with Gasteiger partial charge in [-0.15, -0.1) is 10.2 Å². The Labute approximate surface area is 114 Å². The molecule has 1 aromatic heterocycles. The maximum absolute atomic E-state index is 12.3. The largest absolute Gasteiger partial charge is 0.399 e. The van der Waals surface area contributed by atoms with Crippen molar-refractivity contribution in [2.75, 3.05) is 5.73 Å². The van der Waals surface area contributed by atoms with Crippen LogP contribution in [0, 0.1) is 0 Å². The summed E-state index contributed by atoms with van der Waals surface area (Å²) < 4.78 is 25.4. The Morgan fingerprint density at radius 2 is 2.10 bits per heavy atom. The average Bonchev–Trinajstić information content (AvgIpc) is 2.86. The van der Waals surface area contributed by atoms with E-state index in [1.54, 1.807) is 7.05 Å². The van der Waals surface area contributed by atoms with Crippen molar-refractivity contribution < 1.29 is 13.2 Å². The molecular formula is C10H10N6O3S. The summed E-state index contributed by atoms with van der Waals surface area (Å²) in [5, 5.41) is 11.1. The highest BCUT2D eigenvalue weighted by atomic mass is 32.2. The normalized spacial score (nSPS) is 16.4. The molecule has 0 fully saturated rings. The maximum Gasteiger partial charge on any atom is 0.269 e. The van der Waals surface area contributed by atoms with E-state index < -0.39 is 15.9 Å². The lowest BCUT2D eigenvalue weighted by atomic mass is 10.2. The third-order valence-corrected chi connectivity index (χ3v) is 4.63. The van der Waals surface area contributed by atoms with Crippen molar-refractivity contribution in [1.82, 2.24) is 24.5 Å². The second-order valence-electron chi connectivity index (χ2n) is 4.27. The molecule has 2 heterocycles. The summed E-state index contributed by atoms with van der Waals surface area (Å²) in [6.45, 7) is -0.260. The smallest absolute Gasteiger partial charge is 0.269 e. The van der Waals surface area contributed by atoms with Gasteiger partial charge < -0.3 is 5.73 Å². The lowest BCUT2D eigenvalue weighted by Crippen LogP contribution is -2.30. The Morgan fingerprint density at radius 3 is 2.75 bits per heavy atom. The molecule has 0 spiro atoms. The zero-order valence-corrected chi connectivity index (χ0v) is 11.2. The molecule has 10 heteroatoms. The van der Waals surface area contributed by atoms with Gasteiger partial charge in [-0.2, -0.15) is 4.80 Å². The van der Waals surface area contributed by atoms with E-state index in [0.29, 0.717) is 4.31 Å². The van der Waals surface area contributed by atoms with Crippen LogP contribution >= 0.6 is 0 Å². The molecule has 1 amide bonds. The molecule has 0 unspecified atom stereocenters. The molecule has 0 radical (unpaired) electrons. The molecule has 104 valence electrons. The number of amides is 1. The molecule has 0 saturated carbocycles. The van der Waals surface area contributed by atoms with E-state index in [4.69, 9.17) is 5.73 Å². The number of aromatic nitrogens is 4. The molecule has 1 aliphatic rings. The Hall–Kier alpha value is -2.49. The number of carbonyl (C=O) groups excluding carboxylic acids is 1. The van der Waals surface area contributed by atoms with Crippen LogP contribution in [0.2, 0.25) is 0 Å². The van der Waals surface area contributed by atoms with Crippen LogP contribution in [0.15, 0.2) is 23.1 Å². The second kappa shape index (κ2) is 4.00. The minimum Gasteiger partial charge on any atom is -0.399 e. The number of hydrogen-bond acceptors (Lipinski definition) is 7. The first-order valence-electron chi connectivity index (χ1n) is 5.59. The first-order chi connectivity index (χ1) is 9.39. The molecule has 0 atom stereocenters. The molecule has 1 aromatic carbocycles. The van der Waals surface area contributed by atoms with Gasteiger partial charge in [-0.1, -0.05) is 0 Å². The fourth-order valence-corrected chi connectivity index (χ4v) is 3.52. The highest BCUT2D eigenvalue weighted by Gasteiger charge is 2.41. The Balaban J connectivity index is 2.05. The van der Waals surface area contributed by atoms with Crippen LogP contribution in [0.25, 0.3) is 0 Å². The predicted molar refractivity (Wildman–Crippen MR) is 66.7 cm³/mol. The van der Waals surface area contributed by atoms with E-state index in [0.717, 1.165) is 0 Å². The van der Waals surface area contributed by atoms with E-state index >= 15 is 0 Å². The van der Waals surface area contributed by atoms with E-state index in [1.807, 2.05) is 0 Å². The van der Waals surface area contributed by atoms with E-state index in [2.05, 4.69) is 15.4 Å². The van der Waals surface area contributed by atoms with Gasteiger partial charge in [-0.25, -0.2) is 12.7 Å². The minimum absolute atomic E-state index is 0.0913. The van der Waals surface area contributed by atoms with Crippen LogP contribution < -0.4 is 5.73 Å². The van der Waals surface area contributed by atoms with Gasteiger partial charge in [0.05, 0.1) is 12.6 Å². The molecule has 9 nitrogen and oxygen atoms in total. The molecule has 2 aromatic rings. The number of nitrogen functional groups attached to an aromatic ring is 1. The molecule has 1 aliphatic heterocycles. The van der Waals surface area contributed by atoms with Crippen molar-refractivity contribution in [1.29, 1.82) is 0 Å². The summed E-state index contributed by atoms with van der Waals surface area (Å²) in [7, 11) is -2.37. The van der Waals surface area contributed by atoms with Crippen LogP contribution in [-0.2, 0) is 23.6 Å². The number of fused-ring (bicyclic) bond motifs is 1. The summed E-state index contributed by atoms with van der Waals surface area (Å²) in [4.78, 5) is 13.3. The number of carbonyl (C=O) groups is 1. The molecule has 2 N–H and O–H groups in total. The SMILES string of the molecule is Cn1nnc(CN2C(=O)c3ccc(N)cc3S2(=O)=O)n1. The van der Waals surface area contributed by atoms with Crippen molar-refractivity contribution in [3.63, 3.8) is 0 Å².